The number of carbonyl (C=O) groups excluding carboxylic acids is 1. The summed E-state index contributed by atoms with van der Waals surface area (Å²) in [6, 6.07) is 5.83. The highest BCUT2D eigenvalue weighted by atomic mass is 32.2. The van der Waals surface area contributed by atoms with Gasteiger partial charge in [0.2, 0.25) is 0 Å². The molecule has 2 N–H and O–H groups in total. The molecule has 0 unspecified atom stereocenters. The van der Waals surface area contributed by atoms with Gasteiger partial charge in [0, 0.05) is 34.0 Å². The van der Waals surface area contributed by atoms with Gasteiger partial charge in [-0.1, -0.05) is 0 Å². The van der Waals surface area contributed by atoms with E-state index in [0.29, 0.717) is 17.5 Å². The predicted octanol–water partition coefficient (Wildman–Crippen LogP) is 3.37. The van der Waals surface area contributed by atoms with Crippen molar-refractivity contribution in [2.24, 2.45) is 0 Å². The van der Waals surface area contributed by atoms with Crippen molar-refractivity contribution in [3.05, 3.63) is 18.2 Å². The third kappa shape index (κ3) is 5.70. The van der Waals surface area contributed by atoms with Crippen molar-refractivity contribution in [3.8, 4) is 5.75 Å². The van der Waals surface area contributed by atoms with Crippen molar-refractivity contribution in [1.29, 1.82) is 0 Å². The van der Waals surface area contributed by atoms with Crippen LogP contribution in [0.5, 0.6) is 5.75 Å². The molecule has 134 valence electrons. The lowest BCUT2D eigenvalue weighted by Crippen LogP contribution is -2.29. The molecule has 0 aliphatic carbocycles. The molecule has 7 heteroatoms. The molecule has 0 aromatic heterocycles. The second-order valence-electron chi connectivity index (χ2n) is 6.81. The Hall–Kier alpha value is -1.76. The van der Waals surface area contributed by atoms with Crippen LogP contribution in [0.4, 0.5) is 16.2 Å². The number of nitrogens with one attached hydrogen (secondary N) is 2. The quantitative estimate of drug-likeness (QED) is 0.867. The molecule has 1 amide bonds. The maximum atomic E-state index is 12.0. The first kappa shape index (κ1) is 18.6. The van der Waals surface area contributed by atoms with E-state index in [1.165, 1.54) is 0 Å². The molecule has 1 aliphatic heterocycles. The molecular weight excluding hydrogens is 328 g/mol. The van der Waals surface area contributed by atoms with E-state index in [1.807, 2.05) is 32.9 Å². The maximum absolute atomic E-state index is 12.0. The average Bonchev–Trinajstić information content (AvgIpc) is 2.48. The first-order valence-corrected chi connectivity index (χ1v) is 9.55. The Morgan fingerprint density at radius 2 is 1.92 bits per heavy atom. The summed E-state index contributed by atoms with van der Waals surface area (Å²) in [5, 5.41) is 6.16. The Bertz CT molecular complexity index is 603. The second kappa shape index (κ2) is 7.88. The second-order valence-corrected chi connectivity index (χ2v) is 8.50. The summed E-state index contributed by atoms with van der Waals surface area (Å²) in [5.74, 6) is 2.03. The first-order chi connectivity index (χ1) is 11.3. The third-order valence-corrected chi connectivity index (χ3v) is 4.98. The molecule has 1 aromatic rings. The standard InChI is InChI=1S/C17H26N2O4S/c1-17(2,3)23-16(20)19-14-11-13(5-6-15(14)22-4)18-12-7-9-24(21)10-8-12/h5-6,11-12,18H,7-10H2,1-4H3,(H,19,20). The van der Waals surface area contributed by atoms with E-state index in [4.69, 9.17) is 9.47 Å². The molecular formula is C17H26N2O4S. The number of rotatable bonds is 4. The lowest BCUT2D eigenvalue weighted by Gasteiger charge is -2.24. The van der Waals surface area contributed by atoms with Crippen molar-refractivity contribution in [1.82, 2.24) is 0 Å². The maximum Gasteiger partial charge on any atom is 0.412 e. The molecule has 0 radical (unpaired) electrons. The van der Waals surface area contributed by atoms with Gasteiger partial charge < -0.3 is 14.8 Å². The molecule has 1 heterocycles. The number of ether oxygens (including phenoxy) is 2. The van der Waals surface area contributed by atoms with E-state index in [-0.39, 0.29) is 0 Å². The normalized spacial score (nSPS) is 21.0. The van der Waals surface area contributed by atoms with Gasteiger partial charge in [-0.3, -0.25) is 9.53 Å². The number of benzene rings is 1. The monoisotopic (exact) mass is 354 g/mol. The fourth-order valence-electron chi connectivity index (χ4n) is 2.48. The smallest absolute Gasteiger partial charge is 0.412 e. The summed E-state index contributed by atoms with van der Waals surface area (Å²) in [6.45, 7) is 5.44. The fraction of sp³-hybridized carbons (Fsp3) is 0.588. The van der Waals surface area contributed by atoms with E-state index in [9.17, 15) is 9.00 Å². The molecule has 0 atom stereocenters. The highest BCUT2D eigenvalue weighted by Crippen LogP contribution is 2.29. The first-order valence-electron chi connectivity index (χ1n) is 8.06. The summed E-state index contributed by atoms with van der Waals surface area (Å²) >= 11 is 0. The molecule has 0 spiro atoms. The molecule has 0 saturated carbocycles. The van der Waals surface area contributed by atoms with Gasteiger partial charge in [-0.15, -0.1) is 0 Å². The fourth-order valence-corrected chi connectivity index (χ4v) is 3.78. The van der Waals surface area contributed by atoms with Crippen LogP contribution in [0.25, 0.3) is 0 Å². The minimum absolute atomic E-state index is 0.297. The van der Waals surface area contributed by atoms with Gasteiger partial charge in [0.25, 0.3) is 0 Å². The van der Waals surface area contributed by atoms with Gasteiger partial charge in [0.1, 0.15) is 11.4 Å². The summed E-state index contributed by atoms with van der Waals surface area (Å²) in [6.07, 6.45) is 1.24. The summed E-state index contributed by atoms with van der Waals surface area (Å²) in [4.78, 5) is 12.0. The van der Waals surface area contributed by atoms with Crippen LogP contribution in [0.2, 0.25) is 0 Å². The summed E-state index contributed by atoms with van der Waals surface area (Å²) in [7, 11) is 0.875. The number of methoxy groups -OCH3 is 1. The summed E-state index contributed by atoms with van der Waals surface area (Å²) < 4.78 is 22.0. The van der Waals surface area contributed by atoms with Crippen LogP contribution in [0.3, 0.4) is 0 Å². The van der Waals surface area contributed by atoms with Crippen LogP contribution in [-0.2, 0) is 15.5 Å². The van der Waals surface area contributed by atoms with Crippen molar-refractivity contribution in [2.45, 2.75) is 45.3 Å². The number of carbonyl (C=O) groups is 1. The minimum Gasteiger partial charge on any atom is -0.495 e. The zero-order chi connectivity index (χ0) is 17.7. The number of hydrogen-bond donors (Lipinski definition) is 2. The molecule has 1 fully saturated rings. The zero-order valence-corrected chi connectivity index (χ0v) is 15.5. The molecule has 0 bridgehead atoms. The Kier molecular flexibility index (Phi) is 6.10. The largest absolute Gasteiger partial charge is 0.495 e. The number of amides is 1. The Morgan fingerprint density at radius 3 is 2.50 bits per heavy atom. The lowest BCUT2D eigenvalue weighted by molar-refractivity contribution is 0.0635. The molecule has 2 rings (SSSR count). The SMILES string of the molecule is COc1ccc(NC2CCS(=O)CC2)cc1NC(=O)OC(C)(C)C. The van der Waals surface area contributed by atoms with Gasteiger partial charge in [0.05, 0.1) is 12.8 Å². The van der Waals surface area contributed by atoms with Gasteiger partial charge in [-0.05, 0) is 51.8 Å². The zero-order valence-electron chi connectivity index (χ0n) is 14.7. The third-order valence-electron chi connectivity index (χ3n) is 3.59. The van der Waals surface area contributed by atoms with Crippen molar-refractivity contribution >= 4 is 28.3 Å². The van der Waals surface area contributed by atoms with E-state index in [1.54, 1.807) is 13.2 Å². The molecule has 6 nitrogen and oxygen atoms in total. The highest BCUT2D eigenvalue weighted by molar-refractivity contribution is 7.85. The van der Waals surface area contributed by atoms with Crippen molar-refractivity contribution < 1.29 is 18.5 Å². The Balaban J connectivity index is 2.06. The minimum atomic E-state index is -0.680. The summed E-state index contributed by atoms with van der Waals surface area (Å²) in [5.41, 5.74) is 0.876. The van der Waals surface area contributed by atoms with E-state index < -0.39 is 22.5 Å². The predicted molar refractivity (Wildman–Crippen MR) is 97.4 cm³/mol. The van der Waals surface area contributed by atoms with Crippen LogP contribution >= 0.6 is 0 Å². The lowest BCUT2D eigenvalue weighted by atomic mass is 10.1. The molecule has 1 aliphatic rings. The van der Waals surface area contributed by atoms with Gasteiger partial charge in [-0.2, -0.15) is 0 Å². The van der Waals surface area contributed by atoms with E-state index in [0.717, 1.165) is 30.0 Å². The van der Waals surface area contributed by atoms with Crippen LogP contribution in [0.15, 0.2) is 18.2 Å². The van der Waals surface area contributed by atoms with Gasteiger partial charge in [-0.25, -0.2) is 4.79 Å². The van der Waals surface area contributed by atoms with Crippen molar-refractivity contribution in [2.75, 3.05) is 29.2 Å². The van der Waals surface area contributed by atoms with Crippen LogP contribution < -0.4 is 15.4 Å². The topological polar surface area (TPSA) is 76.7 Å². The molecule has 1 saturated heterocycles. The van der Waals surface area contributed by atoms with E-state index >= 15 is 0 Å². The van der Waals surface area contributed by atoms with Crippen molar-refractivity contribution in [3.63, 3.8) is 0 Å². The number of hydrogen-bond acceptors (Lipinski definition) is 5. The van der Waals surface area contributed by atoms with Crippen LogP contribution in [-0.4, -0.2) is 40.6 Å². The molecule has 1 aromatic carbocycles. The van der Waals surface area contributed by atoms with Crippen LogP contribution in [0, 0.1) is 0 Å². The average molecular weight is 354 g/mol. The number of anilines is 2. The Labute approximate surface area is 145 Å². The van der Waals surface area contributed by atoms with Gasteiger partial charge in [0.15, 0.2) is 0 Å². The van der Waals surface area contributed by atoms with Crippen LogP contribution in [0.1, 0.15) is 33.6 Å². The Morgan fingerprint density at radius 1 is 1.25 bits per heavy atom. The molecule has 24 heavy (non-hydrogen) atoms. The van der Waals surface area contributed by atoms with E-state index in [2.05, 4.69) is 10.6 Å². The van der Waals surface area contributed by atoms with Gasteiger partial charge >= 0.3 is 6.09 Å². The highest BCUT2D eigenvalue weighted by Gasteiger charge is 2.20.